The van der Waals surface area contributed by atoms with Crippen LogP contribution in [0.2, 0.25) is 5.02 Å². The van der Waals surface area contributed by atoms with Crippen molar-refractivity contribution < 1.29 is 14.6 Å². The van der Waals surface area contributed by atoms with Gasteiger partial charge >= 0.3 is 0 Å². The summed E-state index contributed by atoms with van der Waals surface area (Å²) in [5.41, 5.74) is -0.212. The second-order valence-corrected chi connectivity index (χ2v) is 6.96. The Labute approximate surface area is 165 Å². The molecule has 5 nitrogen and oxygen atoms in total. The van der Waals surface area contributed by atoms with E-state index < -0.39 is 5.60 Å². The van der Waals surface area contributed by atoms with Crippen LogP contribution in [0, 0.1) is 0 Å². The van der Waals surface area contributed by atoms with Crippen LogP contribution in [0.4, 0.5) is 5.69 Å². The van der Waals surface area contributed by atoms with Crippen molar-refractivity contribution in [3.05, 3.63) is 58.6 Å². The fourth-order valence-corrected chi connectivity index (χ4v) is 3.92. The highest BCUT2D eigenvalue weighted by Crippen LogP contribution is 2.47. The van der Waals surface area contributed by atoms with Crippen molar-refractivity contribution in [1.82, 2.24) is 4.90 Å². The maximum atomic E-state index is 13.3. The molecule has 0 bridgehead atoms. The van der Waals surface area contributed by atoms with Gasteiger partial charge < -0.3 is 19.6 Å². The highest BCUT2D eigenvalue weighted by molar-refractivity contribution is 6.33. The van der Waals surface area contributed by atoms with E-state index in [0.717, 1.165) is 19.6 Å². The molecule has 0 aromatic heterocycles. The number of aliphatic hydroxyl groups is 1. The van der Waals surface area contributed by atoms with Gasteiger partial charge in [0.25, 0.3) is 5.91 Å². The van der Waals surface area contributed by atoms with Gasteiger partial charge in [-0.2, -0.15) is 0 Å². The number of anilines is 1. The molecule has 0 aliphatic carbocycles. The summed E-state index contributed by atoms with van der Waals surface area (Å²) in [6, 6.07) is 12.2. The van der Waals surface area contributed by atoms with Gasteiger partial charge in [-0.3, -0.25) is 4.79 Å². The monoisotopic (exact) mass is 388 g/mol. The van der Waals surface area contributed by atoms with Gasteiger partial charge in [0, 0.05) is 23.7 Å². The molecule has 1 atom stereocenters. The Bertz CT molecular complexity index is 821. The lowest BCUT2D eigenvalue weighted by Gasteiger charge is -2.26. The van der Waals surface area contributed by atoms with Gasteiger partial charge in [0.2, 0.25) is 0 Å². The van der Waals surface area contributed by atoms with E-state index >= 15 is 0 Å². The Hall–Kier alpha value is -2.08. The number of fused-ring (bicyclic) bond motifs is 1. The molecule has 0 saturated heterocycles. The topological polar surface area (TPSA) is 53.0 Å². The summed E-state index contributed by atoms with van der Waals surface area (Å²) in [6.07, 6.45) is 0. The lowest BCUT2D eigenvalue weighted by molar-refractivity contribution is -0.132. The first-order valence-corrected chi connectivity index (χ1v) is 9.55. The van der Waals surface area contributed by atoms with Crippen molar-refractivity contribution >= 4 is 23.2 Å². The number of hydrogen-bond donors (Lipinski definition) is 1. The normalized spacial score (nSPS) is 18.9. The van der Waals surface area contributed by atoms with Gasteiger partial charge in [-0.05, 0) is 42.9 Å². The number of halogens is 1. The summed E-state index contributed by atoms with van der Waals surface area (Å²) >= 11 is 6.44. The van der Waals surface area contributed by atoms with E-state index in [4.69, 9.17) is 16.3 Å². The molecule has 0 saturated carbocycles. The fourth-order valence-electron chi connectivity index (χ4n) is 3.61. The SMILES string of the molecule is CCN(CC)CCN1C(=O)C(O)(c2ccc(OC)cc2)c2c(Cl)cccc21. The molecule has 0 spiro atoms. The van der Waals surface area contributed by atoms with E-state index in [-0.39, 0.29) is 5.91 Å². The van der Waals surface area contributed by atoms with Crippen LogP contribution in [-0.4, -0.2) is 49.2 Å². The van der Waals surface area contributed by atoms with Crippen LogP contribution < -0.4 is 9.64 Å². The predicted molar refractivity (Wildman–Crippen MR) is 108 cm³/mol. The third-order valence-corrected chi connectivity index (χ3v) is 5.56. The van der Waals surface area contributed by atoms with Gasteiger partial charge in [-0.25, -0.2) is 0 Å². The smallest absolute Gasteiger partial charge is 0.268 e. The maximum absolute atomic E-state index is 13.3. The minimum Gasteiger partial charge on any atom is -0.497 e. The first kappa shape index (κ1) is 19.7. The summed E-state index contributed by atoms with van der Waals surface area (Å²) in [6.45, 7) is 7.21. The second-order valence-electron chi connectivity index (χ2n) is 6.56. The van der Waals surface area contributed by atoms with E-state index in [1.54, 1.807) is 48.4 Å². The van der Waals surface area contributed by atoms with Crippen LogP contribution in [0.5, 0.6) is 5.75 Å². The number of carbonyl (C=O) groups excluding carboxylic acids is 1. The largest absolute Gasteiger partial charge is 0.497 e. The number of amides is 1. The van der Waals surface area contributed by atoms with Gasteiger partial charge in [0.15, 0.2) is 5.60 Å². The van der Waals surface area contributed by atoms with Crippen molar-refractivity contribution in [2.75, 3.05) is 38.2 Å². The zero-order chi connectivity index (χ0) is 19.6. The van der Waals surface area contributed by atoms with Gasteiger partial charge in [-0.15, -0.1) is 0 Å². The average molecular weight is 389 g/mol. The standard InChI is InChI=1S/C21H25ClN2O3/c1-4-23(5-2)13-14-24-18-8-6-7-17(22)19(18)21(26,20(24)25)15-9-11-16(27-3)12-10-15/h6-12,26H,4-5,13-14H2,1-3H3. The molecule has 1 unspecified atom stereocenters. The molecule has 2 aromatic rings. The highest BCUT2D eigenvalue weighted by atomic mass is 35.5. The molecule has 0 fully saturated rings. The number of hydrogen-bond acceptors (Lipinski definition) is 4. The summed E-state index contributed by atoms with van der Waals surface area (Å²) in [5, 5.41) is 11.9. The van der Waals surface area contributed by atoms with E-state index in [9.17, 15) is 9.90 Å². The molecule has 0 radical (unpaired) electrons. The lowest BCUT2D eigenvalue weighted by Crippen LogP contribution is -2.44. The number of ether oxygens (including phenoxy) is 1. The first-order chi connectivity index (χ1) is 13.0. The first-order valence-electron chi connectivity index (χ1n) is 9.17. The van der Waals surface area contributed by atoms with Crippen molar-refractivity contribution in [3.63, 3.8) is 0 Å². The van der Waals surface area contributed by atoms with Crippen LogP contribution in [0.1, 0.15) is 25.0 Å². The Balaban J connectivity index is 2.04. The molecule has 6 heteroatoms. The number of rotatable bonds is 7. The molecule has 3 rings (SSSR count). The van der Waals surface area contributed by atoms with Crippen LogP contribution in [-0.2, 0) is 10.4 Å². The van der Waals surface area contributed by atoms with Crippen molar-refractivity contribution in [3.8, 4) is 5.75 Å². The summed E-state index contributed by atoms with van der Waals surface area (Å²) in [5.74, 6) is 0.286. The van der Waals surface area contributed by atoms with E-state index in [1.165, 1.54) is 0 Å². The molecule has 1 amide bonds. The Morgan fingerprint density at radius 2 is 1.81 bits per heavy atom. The number of methoxy groups -OCH3 is 1. The molecule has 1 N–H and O–H groups in total. The van der Waals surface area contributed by atoms with Crippen molar-refractivity contribution in [2.24, 2.45) is 0 Å². The number of carbonyl (C=O) groups is 1. The van der Waals surface area contributed by atoms with E-state index in [1.807, 2.05) is 6.07 Å². The highest BCUT2D eigenvalue weighted by Gasteiger charge is 2.52. The summed E-state index contributed by atoms with van der Waals surface area (Å²) in [7, 11) is 1.57. The van der Waals surface area contributed by atoms with Crippen LogP contribution >= 0.6 is 11.6 Å². The second kappa shape index (κ2) is 7.89. The van der Waals surface area contributed by atoms with Crippen LogP contribution in [0.25, 0.3) is 0 Å². The van der Waals surface area contributed by atoms with Gasteiger partial charge in [-0.1, -0.05) is 43.6 Å². The maximum Gasteiger partial charge on any atom is 0.268 e. The number of nitrogens with zero attached hydrogens (tertiary/aromatic N) is 2. The summed E-state index contributed by atoms with van der Waals surface area (Å²) in [4.78, 5) is 17.2. The van der Waals surface area contributed by atoms with Gasteiger partial charge in [0.05, 0.1) is 12.8 Å². The van der Waals surface area contributed by atoms with Crippen molar-refractivity contribution in [2.45, 2.75) is 19.4 Å². The van der Waals surface area contributed by atoms with E-state index in [0.29, 0.717) is 34.1 Å². The molecule has 144 valence electrons. The molecule has 1 heterocycles. The van der Waals surface area contributed by atoms with Gasteiger partial charge in [0.1, 0.15) is 5.75 Å². The molecule has 1 aliphatic heterocycles. The van der Waals surface area contributed by atoms with Crippen LogP contribution in [0.3, 0.4) is 0 Å². The zero-order valence-electron chi connectivity index (χ0n) is 15.9. The number of likely N-dealkylation sites (N-methyl/N-ethyl adjacent to an activating group) is 1. The predicted octanol–water partition coefficient (Wildman–Crippen LogP) is 3.27. The average Bonchev–Trinajstić information content (AvgIpc) is 2.92. The number of benzene rings is 2. The molecular weight excluding hydrogens is 364 g/mol. The fraction of sp³-hybridized carbons (Fsp3) is 0.381. The van der Waals surface area contributed by atoms with E-state index in [2.05, 4.69) is 18.7 Å². The Morgan fingerprint density at radius 1 is 1.15 bits per heavy atom. The molecule has 2 aromatic carbocycles. The third-order valence-electron chi connectivity index (χ3n) is 5.24. The molecular formula is C21H25ClN2O3. The molecule has 27 heavy (non-hydrogen) atoms. The van der Waals surface area contributed by atoms with Crippen LogP contribution in [0.15, 0.2) is 42.5 Å². The quantitative estimate of drug-likeness (QED) is 0.790. The lowest BCUT2D eigenvalue weighted by atomic mass is 9.87. The minimum absolute atomic E-state index is 0.372. The van der Waals surface area contributed by atoms with Crippen molar-refractivity contribution in [1.29, 1.82) is 0 Å². The minimum atomic E-state index is -1.80. The third kappa shape index (κ3) is 3.31. The summed E-state index contributed by atoms with van der Waals surface area (Å²) < 4.78 is 5.19. The zero-order valence-corrected chi connectivity index (χ0v) is 16.7. The Morgan fingerprint density at radius 3 is 2.41 bits per heavy atom. The molecule has 1 aliphatic rings. The Kier molecular flexibility index (Phi) is 5.75.